The van der Waals surface area contributed by atoms with Crippen LogP contribution in [0.1, 0.15) is 18.5 Å². The van der Waals surface area contributed by atoms with Gasteiger partial charge in [-0.05, 0) is 31.0 Å². The molecule has 1 aliphatic heterocycles. The highest BCUT2D eigenvalue weighted by Crippen LogP contribution is 2.32. The zero-order valence-electron chi connectivity index (χ0n) is 12.5. The lowest BCUT2D eigenvalue weighted by atomic mass is 9.99. The van der Waals surface area contributed by atoms with Crippen LogP contribution in [0.5, 0.6) is 0 Å². The summed E-state index contributed by atoms with van der Waals surface area (Å²) in [5.41, 5.74) is -1.08. The Morgan fingerprint density at radius 2 is 2.17 bits per heavy atom. The lowest BCUT2D eigenvalue weighted by Crippen LogP contribution is -2.39. The van der Waals surface area contributed by atoms with Crippen molar-refractivity contribution in [2.24, 2.45) is 5.92 Å². The topological polar surface area (TPSA) is 79.5 Å². The Hall–Kier alpha value is -2.58. The Morgan fingerprint density at radius 3 is 2.79 bits per heavy atom. The maximum Gasteiger partial charge on any atom is 0.433 e. The minimum Gasteiger partial charge on any atom is -0.481 e. The zero-order chi connectivity index (χ0) is 17.3. The van der Waals surface area contributed by atoms with E-state index in [9.17, 15) is 18.0 Å². The number of carboxylic acids is 1. The molecular formula is C15H14F3N3O3. The van der Waals surface area contributed by atoms with Gasteiger partial charge >= 0.3 is 12.1 Å². The quantitative estimate of drug-likeness (QED) is 0.924. The first-order valence-electron chi connectivity index (χ1n) is 7.32. The molecule has 1 fully saturated rings. The van der Waals surface area contributed by atoms with Crippen molar-refractivity contribution in [2.45, 2.75) is 19.0 Å². The number of rotatable bonds is 3. The van der Waals surface area contributed by atoms with Crippen LogP contribution in [-0.2, 0) is 11.0 Å². The van der Waals surface area contributed by atoms with Gasteiger partial charge in [-0.3, -0.25) is 4.79 Å². The average Bonchev–Trinajstić information content (AvgIpc) is 3.08. The molecule has 0 aromatic carbocycles. The number of piperidine rings is 1. The number of hydrogen-bond acceptors (Lipinski definition) is 5. The van der Waals surface area contributed by atoms with E-state index in [0.717, 1.165) is 6.07 Å². The standard InChI is InChI=1S/C15H14F3N3O3/c16-15(17,18)12-7-10(11-4-2-6-24-11)19-14(20-12)21-5-1-3-9(8-21)13(22)23/h2,4,6-7,9H,1,3,5,8H2,(H,22,23). The smallest absolute Gasteiger partial charge is 0.433 e. The Morgan fingerprint density at radius 1 is 1.38 bits per heavy atom. The molecule has 1 aliphatic rings. The van der Waals surface area contributed by atoms with Crippen molar-refractivity contribution < 1.29 is 27.5 Å². The van der Waals surface area contributed by atoms with Crippen LogP contribution in [0.3, 0.4) is 0 Å². The van der Waals surface area contributed by atoms with E-state index in [1.165, 1.54) is 17.2 Å². The third kappa shape index (κ3) is 3.34. The third-order valence-electron chi connectivity index (χ3n) is 3.83. The molecule has 6 nitrogen and oxygen atoms in total. The second-order valence-electron chi connectivity index (χ2n) is 5.54. The summed E-state index contributed by atoms with van der Waals surface area (Å²) in [4.78, 5) is 20.3. The number of carbonyl (C=O) groups is 1. The average molecular weight is 341 g/mol. The molecule has 2 aromatic heterocycles. The van der Waals surface area contributed by atoms with E-state index in [4.69, 9.17) is 9.52 Å². The van der Waals surface area contributed by atoms with E-state index in [2.05, 4.69) is 9.97 Å². The lowest BCUT2D eigenvalue weighted by Gasteiger charge is -2.31. The van der Waals surface area contributed by atoms with Crippen molar-refractivity contribution in [3.63, 3.8) is 0 Å². The zero-order valence-corrected chi connectivity index (χ0v) is 12.5. The molecular weight excluding hydrogens is 327 g/mol. The van der Waals surface area contributed by atoms with E-state index in [1.807, 2.05) is 0 Å². The van der Waals surface area contributed by atoms with Gasteiger partial charge in [-0.2, -0.15) is 13.2 Å². The first-order valence-corrected chi connectivity index (χ1v) is 7.32. The van der Waals surface area contributed by atoms with Crippen molar-refractivity contribution in [1.29, 1.82) is 0 Å². The van der Waals surface area contributed by atoms with Gasteiger partial charge in [-0.25, -0.2) is 9.97 Å². The van der Waals surface area contributed by atoms with Gasteiger partial charge in [-0.1, -0.05) is 0 Å². The molecule has 0 saturated carbocycles. The van der Waals surface area contributed by atoms with Crippen molar-refractivity contribution in [3.8, 4) is 11.5 Å². The number of alkyl halides is 3. The van der Waals surface area contributed by atoms with Crippen LogP contribution in [-0.4, -0.2) is 34.1 Å². The summed E-state index contributed by atoms with van der Waals surface area (Å²) in [6.07, 6.45) is -2.27. The number of furan rings is 1. The molecule has 0 radical (unpaired) electrons. The largest absolute Gasteiger partial charge is 0.481 e. The number of aromatic nitrogens is 2. The first-order chi connectivity index (χ1) is 11.3. The summed E-state index contributed by atoms with van der Waals surface area (Å²) in [5.74, 6) is -1.57. The fourth-order valence-electron chi connectivity index (χ4n) is 2.63. The van der Waals surface area contributed by atoms with Gasteiger partial charge in [0.25, 0.3) is 0 Å². The minimum absolute atomic E-state index is 0.00905. The van der Waals surface area contributed by atoms with E-state index in [0.29, 0.717) is 19.4 Å². The molecule has 1 N–H and O–H groups in total. The Kier molecular flexibility index (Phi) is 4.16. The summed E-state index contributed by atoms with van der Waals surface area (Å²) in [6.45, 7) is 0.483. The Balaban J connectivity index is 2.00. The summed E-state index contributed by atoms with van der Waals surface area (Å²) in [7, 11) is 0. The molecule has 3 heterocycles. The van der Waals surface area contributed by atoms with E-state index >= 15 is 0 Å². The molecule has 24 heavy (non-hydrogen) atoms. The number of aliphatic carboxylic acids is 1. The SMILES string of the molecule is O=C(O)C1CCCN(c2nc(-c3ccco3)cc(C(F)(F)F)n2)C1. The number of halogens is 3. The van der Waals surface area contributed by atoms with Gasteiger partial charge < -0.3 is 14.4 Å². The van der Waals surface area contributed by atoms with E-state index in [1.54, 1.807) is 6.07 Å². The second kappa shape index (κ2) is 6.14. The molecule has 128 valence electrons. The highest BCUT2D eigenvalue weighted by atomic mass is 19.4. The molecule has 0 amide bonds. The van der Waals surface area contributed by atoms with Crippen LogP contribution in [0.4, 0.5) is 19.1 Å². The summed E-state index contributed by atoms with van der Waals surface area (Å²) >= 11 is 0. The lowest BCUT2D eigenvalue weighted by molar-refractivity contribution is -0.142. The highest BCUT2D eigenvalue weighted by molar-refractivity contribution is 5.71. The normalized spacial score (nSPS) is 18.6. The van der Waals surface area contributed by atoms with Gasteiger partial charge in [0.2, 0.25) is 5.95 Å². The van der Waals surface area contributed by atoms with Crippen LogP contribution in [0.15, 0.2) is 28.9 Å². The molecule has 9 heteroatoms. The highest BCUT2D eigenvalue weighted by Gasteiger charge is 2.35. The van der Waals surface area contributed by atoms with Gasteiger partial charge in [0.15, 0.2) is 11.5 Å². The predicted octanol–water partition coefficient (Wildman–Crippen LogP) is 3.06. The molecule has 0 spiro atoms. The van der Waals surface area contributed by atoms with Gasteiger partial charge in [-0.15, -0.1) is 0 Å². The monoisotopic (exact) mass is 341 g/mol. The van der Waals surface area contributed by atoms with Gasteiger partial charge in [0, 0.05) is 13.1 Å². The van der Waals surface area contributed by atoms with E-state index < -0.39 is 23.8 Å². The van der Waals surface area contributed by atoms with Crippen LogP contribution in [0.2, 0.25) is 0 Å². The molecule has 0 aliphatic carbocycles. The third-order valence-corrected chi connectivity index (χ3v) is 3.83. The number of hydrogen-bond donors (Lipinski definition) is 1. The van der Waals surface area contributed by atoms with Crippen molar-refractivity contribution in [2.75, 3.05) is 18.0 Å². The summed E-state index contributed by atoms with van der Waals surface area (Å²) < 4.78 is 44.5. The molecule has 2 aromatic rings. The predicted molar refractivity (Wildman–Crippen MR) is 77.3 cm³/mol. The Labute approximate surface area is 134 Å². The maximum atomic E-state index is 13.1. The summed E-state index contributed by atoms with van der Waals surface area (Å²) in [5, 5.41) is 9.13. The second-order valence-corrected chi connectivity index (χ2v) is 5.54. The van der Waals surface area contributed by atoms with Crippen LogP contribution < -0.4 is 4.90 Å². The van der Waals surface area contributed by atoms with Crippen LogP contribution >= 0.6 is 0 Å². The van der Waals surface area contributed by atoms with Crippen molar-refractivity contribution >= 4 is 11.9 Å². The maximum absolute atomic E-state index is 13.1. The Bertz CT molecular complexity index is 731. The number of anilines is 1. The van der Waals surface area contributed by atoms with Crippen molar-refractivity contribution in [1.82, 2.24) is 9.97 Å². The fourth-order valence-corrected chi connectivity index (χ4v) is 2.63. The number of carboxylic acid groups (broad SMARTS) is 1. The van der Waals surface area contributed by atoms with E-state index in [-0.39, 0.29) is 23.9 Å². The first kappa shape index (κ1) is 16.3. The number of nitrogens with zero attached hydrogens (tertiary/aromatic N) is 3. The van der Waals surface area contributed by atoms with Crippen LogP contribution in [0.25, 0.3) is 11.5 Å². The molecule has 3 rings (SSSR count). The van der Waals surface area contributed by atoms with Gasteiger partial charge in [0.05, 0.1) is 12.2 Å². The fraction of sp³-hybridized carbons (Fsp3) is 0.400. The van der Waals surface area contributed by atoms with Crippen LogP contribution in [0, 0.1) is 5.92 Å². The molecule has 1 unspecified atom stereocenters. The van der Waals surface area contributed by atoms with Crippen molar-refractivity contribution in [3.05, 3.63) is 30.2 Å². The molecule has 1 saturated heterocycles. The van der Waals surface area contributed by atoms with Gasteiger partial charge in [0.1, 0.15) is 5.69 Å². The molecule has 1 atom stereocenters. The molecule has 0 bridgehead atoms. The summed E-state index contributed by atoms with van der Waals surface area (Å²) in [6, 6.07) is 3.87. The minimum atomic E-state index is -4.64.